The van der Waals surface area contributed by atoms with Gasteiger partial charge in [0.05, 0.1) is 25.8 Å². The number of aryl methyl sites for hydroxylation is 1. The Hall–Kier alpha value is -4.96. The van der Waals surface area contributed by atoms with Gasteiger partial charge in [0.2, 0.25) is 0 Å². The van der Waals surface area contributed by atoms with Crippen molar-refractivity contribution >= 4 is 99.4 Å². The topological polar surface area (TPSA) is 231 Å². The summed E-state index contributed by atoms with van der Waals surface area (Å²) in [5, 5.41) is 21.3. The van der Waals surface area contributed by atoms with Crippen LogP contribution in [0.4, 0.5) is 53.0 Å². The fourth-order valence-electron chi connectivity index (χ4n) is 3.29. The molecule has 6 aromatic rings. The smallest absolute Gasteiger partial charge is 0.320 e. The van der Waals surface area contributed by atoms with Crippen molar-refractivity contribution in [2.75, 3.05) is 33.2 Å². The van der Waals surface area contributed by atoms with Crippen molar-refractivity contribution in [3.05, 3.63) is 85.8 Å². The molecular weight excluding hydrogens is 670 g/mol. The number of nitrogens with zero attached hydrogens (tertiary/aromatic N) is 6. The molecule has 0 atom stereocenters. The van der Waals surface area contributed by atoms with Gasteiger partial charge in [0.15, 0.2) is 0 Å². The number of nitrogen functional groups attached to an aromatic ring is 3. The Morgan fingerprint density at radius 3 is 1.62 bits per heavy atom. The number of anilines is 9. The zero-order valence-electron chi connectivity index (χ0n) is 23.3. The Labute approximate surface area is 275 Å². The summed E-state index contributed by atoms with van der Waals surface area (Å²) in [6, 6.07) is 16.2. The predicted molar refractivity (Wildman–Crippen MR) is 175 cm³/mol. The highest BCUT2D eigenvalue weighted by Gasteiger charge is 2.08. The maximum absolute atomic E-state index is 5.94. The molecule has 3 aromatic heterocycles. The highest BCUT2D eigenvalue weighted by molar-refractivity contribution is 6.43. The van der Waals surface area contributed by atoms with Crippen LogP contribution in [0.15, 0.2) is 68.2 Å². The predicted octanol–water partition coefficient (Wildman–Crippen LogP) is 7.42. The van der Waals surface area contributed by atoms with Crippen molar-refractivity contribution in [1.29, 1.82) is 0 Å². The minimum absolute atomic E-state index is 0.00226. The monoisotopic (exact) mass is 692 g/mol. The number of benzene rings is 3. The Morgan fingerprint density at radius 1 is 0.578 bits per heavy atom. The fourth-order valence-corrected chi connectivity index (χ4v) is 3.93. The number of hydrogen-bond acceptors (Lipinski definition) is 15. The van der Waals surface area contributed by atoms with E-state index in [2.05, 4.69) is 59.9 Å². The molecule has 45 heavy (non-hydrogen) atoms. The first-order valence-corrected chi connectivity index (χ1v) is 14.0. The number of hydrogen-bond donors (Lipinski definition) is 6. The van der Waals surface area contributed by atoms with Crippen LogP contribution in [0.25, 0.3) is 0 Å². The fraction of sp³-hybridized carbons (Fsp3) is 0.0769. The highest BCUT2D eigenvalue weighted by atomic mass is 35.5. The lowest BCUT2D eigenvalue weighted by Gasteiger charge is -2.07. The Morgan fingerprint density at radius 2 is 1.09 bits per heavy atom. The molecule has 0 aliphatic rings. The molecular formula is C26H24Cl4N12O3. The van der Waals surface area contributed by atoms with Crippen molar-refractivity contribution in [2.45, 2.75) is 13.8 Å². The van der Waals surface area contributed by atoms with Gasteiger partial charge < -0.3 is 46.7 Å². The quantitative estimate of drug-likeness (QED) is 0.0996. The minimum atomic E-state index is -0.0179. The second-order valence-electron chi connectivity index (χ2n) is 8.72. The molecule has 15 nitrogen and oxygen atoms in total. The minimum Gasteiger partial charge on any atom is -0.351 e. The third-order valence-electron chi connectivity index (χ3n) is 5.55. The van der Waals surface area contributed by atoms with Crippen LogP contribution in [-0.2, 0) is 0 Å². The van der Waals surface area contributed by atoms with Crippen molar-refractivity contribution in [2.24, 2.45) is 0 Å². The van der Waals surface area contributed by atoms with Gasteiger partial charge in [0.25, 0.3) is 17.8 Å². The zero-order valence-corrected chi connectivity index (χ0v) is 26.4. The third kappa shape index (κ3) is 9.51. The molecule has 0 fully saturated rings. The number of aromatic nitrogens is 6. The Kier molecular flexibility index (Phi) is 11.1. The first-order chi connectivity index (χ1) is 21.5. The number of nitrogens with one attached hydrogen (secondary N) is 3. The zero-order chi connectivity index (χ0) is 32.5. The van der Waals surface area contributed by atoms with Crippen molar-refractivity contribution in [3.8, 4) is 0 Å². The van der Waals surface area contributed by atoms with Gasteiger partial charge in [-0.1, -0.05) is 64.6 Å². The van der Waals surface area contributed by atoms with Gasteiger partial charge in [-0.2, -0.15) is 15.0 Å². The average Bonchev–Trinajstić information content (AvgIpc) is 3.73. The van der Waals surface area contributed by atoms with Crippen molar-refractivity contribution in [3.63, 3.8) is 0 Å². The van der Waals surface area contributed by atoms with E-state index in [0.29, 0.717) is 37.4 Å². The van der Waals surface area contributed by atoms with Crippen LogP contribution in [0.2, 0.25) is 20.1 Å². The van der Waals surface area contributed by atoms with Gasteiger partial charge in [0, 0.05) is 11.4 Å². The van der Waals surface area contributed by atoms with Gasteiger partial charge in [-0.3, -0.25) is 0 Å². The molecule has 0 saturated heterocycles. The summed E-state index contributed by atoms with van der Waals surface area (Å²) in [6.07, 6.45) is 0. The third-order valence-corrected chi connectivity index (χ3v) is 7.11. The number of nitrogens with two attached hydrogens (primary N) is 3. The van der Waals surface area contributed by atoms with Crippen LogP contribution >= 0.6 is 46.4 Å². The molecule has 9 N–H and O–H groups in total. The average molecular weight is 694 g/mol. The van der Waals surface area contributed by atoms with Crippen LogP contribution in [-0.4, -0.2) is 30.4 Å². The molecule has 3 aromatic carbocycles. The molecule has 0 spiro atoms. The van der Waals surface area contributed by atoms with Crippen LogP contribution < -0.4 is 33.2 Å². The summed E-state index contributed by atoms with van der Waals surface area (Å²) in [6.45, 7) is 4.08. The standard InChI is InChI=1S/C10H12N4O.2C8H6Cl2N4O/c1-6-4-3-5-8(7(6)2)12-10-13-9(11)15-14-10;9-5-2-1-4(3-6(5)10)12-8-13-7(11)15-14-8;9-4-2-1-3-5(6(4)10)12-8-13-7(11)15-14-8/h3-5H,1-2H3,(H3,11,12,13,14);2*1-3H,(H3,11,12,13,14). The summed E-state index contributed by atoms with van der Waals surface area (Å²) < 4.78 is 13.8. The van der Waals surface area contributed by atoms with E-state index >= 15 is 0 Å². The molecule has 0 saturated carbocycles. The second kappa shape index (κ2) is 15.2. The SMILES string of the molecule is Cc1cccc(Nc2noc(N)n2)c1C.Nc1nc(Nc2ccc(Cl)c(Cl)c2)no1.Nc1nc(Nc2cccc(Cl)c2Cl)no1. The normalized spacial score (nSPS) is 10.3. The second-order valence-corrected chi connectivity index (χ2v) is 10.3. The van der Waals surface area contributed by atoms with E-state index in [-0.39, 0.29) is 29.9 Å². The van der Waals surface area contributed by atoms with E-state index in [4.69, 9.17) is 63.6 Å². The van der Waals surface area contributed by atoms with Crippen molar-refractivity contribution < 1.29 is 13.6 Å². The van der Waals surface area contributed by atoms with E-state index in [1.807, 2.05) is 32.0 Å². The summed E-state index contributed by atoms with van der Waals surface area (Å²) in [5.74, 6) is 0.878. The molecule has 234 valence electrons. The summed E-state index contributed by atoms with van der Waals surface area (Å²) >= 11 is 23.3. The van der Waals surface area contributed by atoms with Crippen LogP contribution in [0.1, 0.15) is 11.1 Å². The lowest BCUT2D eigenvalue weighted by atomic mass is 10.1. The van der Waals surface area contributed by atoms with E-state index < -0.39 is 0 Å². The highest BCUT2D eigenvalue weighted by Crippen LogP contribution is 2.31. The lowest BCUT2D eigenvalue weighted by Crippen LogP contribution is -1.96. The molecule has 0 radical (unpaired) electrons. The van der Waals surface area contributed by atoms with Gasteiger partial charge in [0.1, 0.15) is 0 Å². The van der Waals surface area contributed by atoms with E-state index in [0.717, 1.165) is 11.3 Å². The lowest BCUT2D eigenvalue weighted by molar-refractivity contribution is 0.437. The van der Waals surface area contributed by atoms with E-state index in [1.165, 1.54) is 5.56 Å². The van der Waals surface area contributed by atoms with Crippen LogP contribution in [0.3, 0.4) is 0 Å². The first-order valence-electron chi connectivity index (χ1n) is 12.5. The molecule has 0 amide bonds. The summed E-state index contributed by atoms with van der Waals surface area (Å²) in [5.41, 5.74) is 20.4. The Bertz CT molecular complexity index is 1790. The molecule has 19 heteroatoms. The molecule has 6 rings (SSSR count). The van der Waals surface area contributed by atoms with E-state index in [9.17, 15) is 0 Å². The molecule has 3 heterocycles. The summed E-state index contributed by atoms with van der Waals surface area (Å²) in [4.78, 5) is 11.4. The molecule has 0 bridgehead atoms. The number of rotatable bonds is 6. The molecule has 0 aliphatic carbocycles. The van der Waals surface area contributed by atoms with Gasteiger partial charge in [-0.05, 0) is 76.8 Å². The van der Waals surface area contributed by atoms with Gasteiger partial charge in [-0.25, -0.2) is 0 Å². The molecule has 0 aliphatic heterocycles. The maximum Gasteiger partial charge on any atom is 0.320 e. The largest absolute Gasteiger partial charge is 0.351 e. The van der Waals surface area contributed by atoms with Crippen LogP contribution in [0.5, 0.6) is 0 Å². The van der Waals surface area contributed by atoms with Crippen LogP contribution in [0, 0.1) is 13.8 Å². The Balaban J connectivity index is 0.000000154. The van der Waals surface area contributed by atoms with Crippen molar-refractivity contribution in [1.82, 2.24) is 30.4 Å². The summed E-state index contributed by atoms with van der Waals surface area (Å²) in [7, 11) is 0. The van der Waals surface area contributed by atoms with E-state index in [1.54, 1.807) is 36.4 Å². The molecule has 0 unspecified atom stereocenters. The first kappa shape index (κ1) is 32.9. The maximum atomic E-state index is 5.94. The van der Waals surface area contributed by atoms with Gasteiger partial charge >= 0.3 is 18.0 Å². The van der Waals surface area contributed by atoms with Gasteiger partial charge in [-0.15, -0.1) is 0 Å². The number of halogens is 4.